The minimum atomic E-state index is -1.37. The molecule has 0 radical (unpaired) electrons. The van der Waals surface area contributed by atoms with Gasteiger partial charge in [0.05, 0.1) is 6.10 Å². The van der Waals surface area contributed by atoms with Crippen LogP contribution in [0, 0.1) is 0 Å². The maximum absolute atomic E-state index is 10.9. The molecule has 2 unspecified atom stereocenters. The standard InChI is InChI=1S/C18H24O5/c1-2-3-4-5-6-7-8-9-10-11-12-13-14-15(21-14)17-18(22-17,23-17)16(19)20/h3-4,6-7,9-10,14-15H,2,5,8,11-13H2,1H3,(H,19,20). The smallest absolute Gasteiger partial charge is 0.370 e. The first kappa shape index (κ1) is 16.4. The van der Waals surface area contributed by atoms with Crippen molar-refractivity contribution in [3.8, 4) is 0 Å². The fourth-order valence-corrected chi connectivity index (χ4v) is 2.88. The van der Waals surface area contributed by atoms with Crippen molar-refractivity contribution in [1.82, 2.24) is 0 Å². The third kappa shape index (κ3) is 3.27. The van der Waals surface area contributed by atoms with E-state index in [9.17, 15) is 4.79 Å². The normalized spacial score (nSPS) is 37.6. The molecule has 0 spiro atoms. The van der Waals surface area contributed by atoms with Crippen LogP contribution in [0.2, 0.25) is 0 Å². The average Bonchev–Trinajstić information content (AvgIpc) is 3.36. The lowest BCUT2D eigenvalue weighted by Gasteiger charge is -1.95. The maximum atomic E-state index is 10.9. The summed E-state index contributed by atoms with van der Waals surface area (Å²) in [6.45, 7) is 2.13. The van der Waals surface area contributed by atoms with Crippen LogP contribution in [-0.2, 0) is 19.0 Å². The summed E-state index contributed by atoms with van der Waals surface area (Å²) in [5.74, 6) is -3.37. The Morgan fingerprint density at radius 2 is 1.74 bits per heavy atom. The van der Waals surface area contributed by atoms with E-state index >= 15 is 0 Å². The topological polar surface area (TPSA) is 74.9 Å². The minimum Gasteiger partial charge on any atom is -0.477 e. The van der Waals surface area contributed by atoms with Gasteiger partial charge in [0, 0.05) is 0 Å². The zero-order chi connectivity index (χ0) is 16.3. The van der Waals surface area contributed by atoms with Crippen LogP contribution in [0.3, 0.4) is 0 Å². The van der Waals surface area contributed by atoms with E-state index in [1.807, 2.05) is 0 Å². The van der Waals surface area contributed by atoms with Crippen molar-refractivity contribution in [2.75, 3.05) is 0 Å². The molecule has 5 heteroatoms. The van der Waals surface area contributed by atoms with E-state index in [2.05, 4.69) is 43.4 Å². The third-order valence-electron chi connectivity index (χ3n) is 4.34. The molecule has 0 aromatic heterocycles. The van der Waals surface area contributed by atoms with E-state index < -0.39 is 17.5 Å². The molecule has 3 aliphatic rings. The molecule has 3 fully saturated rings. The highest BCUT2D eigenvalue weighted by molar-refractivity contribution is 5.85. The van der Waals surface area contributed by atoms with E-state index in [1.165, 1.54) is 0 Å². The molecule has 3 saturated heterocycles. The Labute approximate surface area is 136 Å². The summed E-state index contributed by atoms with van der Waals surface area (Å²) in [6, 6.07) is 0. The second kappa shape index (κ2) is 6.59. The second-order valence-corrected chi connectivity index (χ2v) is 6.11. The molecule has 3 heterocycles. The molecule has 1 N–H and O–H groups in total. The monoisotopic (exact) mass is 320 g/mol. The number of rotatable bonds is 11. The maximum Gasteiger partial charge on any atom is 0.370 e. The fourth-order valence-electron chi connectivity index (χ4n) is 2.88. The lowest BCUT2D eigenvalue weighted by atomic mass is 10.1. The minimum absolute atomic E-state index is 0.0809. The molecule has 0 bridgehead atoms. The van der Waals surface area contributed by atoms with Gasteiger partial charge in [0.25, 0.3) is 5.79 Å². The summed E-state index contributed by atoms with van der Waals surface area (Å²) >= 11 is 0. The van der Waals surface area contributed by atoms with Gasteiger partial charge in [-0.15, -0.1) is 0 Å². The van der Waals surface area contributed by atoms with Crippen LogP contribution in [-0.4, -0.2) is 34.9 Å². The van der Waals surface area contributed by atoms with E-state index in [-0.39, 0.29) is 12.2 Å². The van der Waals surface area contributed by atoms with Crippen LogP contribution in [0.25, 0.3) is 0 Å². The number of hydrogen-bond acceptors (Lipinski definition) is 4. The van der Waals surface area contributed by atoms with Gasteiger partial charge in [0.1, 0.15) is 6.10 Å². The Bertz CT molecular complexity index is 528. The third-order valence-corrected chi connectivity index (χ3v) is 4.34. The Balaban J connectivity index is 1.21. The predicted octanol–water partition coefficient (Wildman–Crippen LogP) is 3.32. The largest absolute Gasteiger partial charge is 0.477 e. The first-order chi connectivity index (χ1) is 11.2. The van der Waals surface area contributed by atoms with Crippen molar-refractivity contribution in [3.63, 3.8) is 0 Å². The molecule has 2 atom stereocenters. The molecule has 0 aromatic carbocycles. The van der Waals surface area contributed by atoms with Crippen molar-refractivity contribution >= 4 is 5.97 Å². The quantitative estimate of drug-likeness (QED) is 0.359. The van der Waals surface area contributed by atoms with Gasteiger partial charge in [-0.3, -0.25) is 9.47 Å². The summed E-state index contributed by atoms with van der Waals surface area (Å²) in [4.78, 5) is 10.9. The molecule has 126 valence electrons. The lowest BCUT2D eigenvalue weighted by molar-refractivity contribution is -0.166. The number of fused-ring (bicyclic) bond motifs is 1. The van der Waals surface area contributed by atoms with Gasteiger partial charge in [-0.1, -0.05) is 43.4 Å². The van der Waals surface area contributed by atoms with Crippen LogP contribution in [0.5, 0.6) is 0 Å². The molecular formula is C18H24O5. The van der Waals surface area contributed by atoms with Gasteiger partial charge in [-0.25, -0.2) is 4.79 Å². The number of aliphatic carboxylic acids is 1. The molecule has 0 aliphatic carbocycles. The van der Waals surface area contributed by atoms with Crippen molar-refractivity contribution in [2.45, 2.75) is 69.2 Å². The van der Waals surface area contributed by atoms with Crippen molar-refractivity contribution < 1.29 is 24.1 Å². The van der Waals surface area contributed by atoms with E-state index in [1.54, 1.807) is 0 Å². The van der Waals surface area contributed by atoms with Crippen molar-refractivity contribution in [3.05, 3.63) is 36.5 Å². The van der Waals surface area contributed by atoms with E-state index in [0.29, 0.717) is 0 Å². The summed E-state index contributed by atoms with van der Waals surface area (Å²) in [5.41, 5.74) is 0. The zero-order valence-corrected chi connectivity index (χ0v) is 13.4. The Hall–Kier alpha value is -1.43. The number of allylic oxidation sites excluding steroid dienone is 6. The molecule has 3 aliphatic heterocycles. The average molecular weight is 320 g/mol. The fraction of sp³-hybridized carbons (Fsp3) is 0.611. The summed E-state index contributed by atoms with van der Waals surface area (Å²) in [5, 5.41) is 8.94. The van der Waals surface area contributed by atoms with Gasteiger partial charge in [-0.05, 0) is 38.5 Å². The molecule has 0 saturated carbocycles. The Morgan fingerprint density at radius 3 is 2.35 bits per heavy atom. The molecule has 0 aromatic rings. The molecule has 23 heavy (non-hydrogen) atoms. The van der Waals surface area contributed by atoms with Gasteiger partial charge in [0.15, 0.2) is 0 Å². The van der Waals surface area contributed by atoms with Crippen molar-refractivity contribution in [2.24, 2.45) is 0 Å². The second-order valence-electron chi connectivity index (χ2n) is 6.11. The zero-order valence-electron chi connectivity index (χ0n) is 13.4. The predicted molar refractivity (Wildman–Crippen MR) is 84.7 cm³/mol. The van der Waals surface area contributed by atoms with E-state index in [4.69, 9.17) is 19.3 Å². The summed E-state index contributed by atoms with van der Waals surface area (Å²) in [7, 11) is 0. The van der Waals surface area contributed by atoms with Gasteiger partial charge in [-0.2, -0.15) is 0 Å². The molecule has 0 amide bonds. The van der Waals surface area contributed by atoms with Crippen LogP contribution >= 0.6 is 0 Å². The van der Waals surface area contributed by atoms with Gasteiger partial charge >= 0.3 is 11.8 Å². The first-order valence-electron chi connectivity index (χ1n) is 8.40. The number of epoxide rings is 3. The number of unbranched alkanes of at least 4 members (excludes halogenated alkanes) is 1. The highest BCUT2D eigenvalue weighted by Gasteiger charge is 3.02. The SMILES string of the molecule is CCC=CCC=CCC=CCCCC1OC1C12OC1(C(=O)O)O2. The van der Waals surface area contributed by atoms with Crippen LogP contribution < -0.4 is 0 Å². The molecule has 5 nitrogen and oxygen atoms in total. The molecular weight excluding hydrogens is 296 g/mol. The van der Waals surface area contributed by atoms with Crippen LogP contribution in [0.1, 0.15) is 45.4 Å². The van der Waals surface area contributed by atoms with Crippen LogP contribution in [0.15, 0.2) is 36.5 Å². The highest BCUT2D eigenvalue weighted by atomic mass is 17.1. The number of hydrogen-bond donors (Lipinski definition) is 1. The highest BCUT2D eigenvalue weighted by Crippen LogP contribution is 2.73. The number of carboxylic acid groups (broad SMARTS) is 1. The number of carbonyl (C=O) groups is 1. The molecule has 3 rings (SSSR count). The lowest BCUT2D eigenvalue weighted by Crippen LogP contribution is -2.13. The number of carboxylic acids is 1. The number of ether oxygens (including phenoxy) is 3. The van der Waals surface area contributed by atoms with Gasteiger partial charge in [0.2, 0.25) is 0 Å². The summed E-state index contributed by atoms with van der Waals surface area (Å²) < 4.78 is 15.8. The van der Waals surface area contributed by atoms with Gasteiger partial charge < -0.3 is 9.84 Å². The Kier molecular flexibility index (Phi) is 4.71. The first-order valence-corrected chi connectivity index (χ1v) is 8.40. The Morgan fingerprint density at radius 1 is 1.09 bits per heavy atom. The van der Waals surface area contributed by atoms with Crippen molar-refractivity contribution in [1.29, 1.82) is 0 Å². The summed E-state index contributed by atoms with van der Waals surface area (Å²) in [6.07, 6.45) is 19.0. The van der Waals surface area contributed by atoms with Crippen LogP contribution in [0.4, 0.5) is 0 Å². The van der Waals surface area contributed by atoms with E-state index in [0.717, 1.165) is 38.5 Å².